The highest BCUT2D eigenvalue weighted by molar-refractivity contribution is 5.09. The maximum Gasteiger partial charge on any atom is 0.0212 e. The monoisotopic (exact) mass is 141 g/mol. The molecule has 3 unspecified atom stereocenters. The predicted molar refractivity (Wildman–Crippen MR) is 44.8 cm³/mol. The normalized spacial score (nSPS) is 41.4. The van der Waals surface area contributed by atoms with Crippen molar-refractivity contribution in [2.24, 2.45) is 17.6 Å². The van der Waals surface area contributed by atoms with Crippen LogP contribution in [0.2, 0.25) is 0 Å². The van der Waals surface area contributed by atoms with E-state index in [9.17, 15) is 0 Å². The van der Waals surface area contributed by atoms with Gasteiger partial charge in [-0.1, -0.05) is 33.6 Å². The van der Waals surface area contributed by atoms with Crippen molar-refractivity contribution in [1.82, 2.24) is 0 Å². The summed E-state index contributed by atoms with van der Waals surface area (Å²) >= 11 is 0. The Labute approximate surface area is 64.0 Å². The molecule has 1 saturated carbocycles. The van der Waals surface area contributed by atoms with E-state index in [4.69, 9.17) is 5.73 Å². The molecule has 0 amide bonds. The maximum absolute atomic E-state index is 6.16. The van der Waals surface area contributed by atoms with Gasteiger partial charge in [-0.3, -0.25) is 0 Å². The lowest BCUT2D eigenvalue weighted by molar-refractivity contribution is 0.392. The van der Waals surface area contributed by atoms with Gasteiger partial charge in [0.25, 0.3) is 0 Å². The Bertz CT molecular complexity index is 122. The van der Waals surface area contributed by atoms with Crippen molar-refractivity contribution >= 4 is 0 Å². The second kappa shape index (κ2) is 2.54. The van der Waals surface area contributed by atoms with E-state index in [0.717, 1.165) is 11.8 Å². The lowest BCUT2D eigenvalue weighted by Crippen LogP contribution is -2.32. The van der Waals surface area contributed by atoms with Crippen LogP contribution in [0.1, 0.15) is 40.0 Å². The predicted octanol–water partition coefficient (Wildman–Crippen LogP) is 2.16. The van der Waals surface area contributed by atoms with Crippen LogP contribution in [0.25, 0.3) is 0 Å². The van der Waals surface area contributed by atoms with Gasteiger partial charge in [0.15, 0.2) is 0 Å². The first kappa shape index (κ1) is 8.06. The number of rotatable bonds is 3. The average molecular weight is 141 g/mol. The Morgan fingerprint density at radius 2 is 2.20 bits per heavy atom. The molecule has 1 rings (SSSR count). The van der Waals surface area contributed by atoms with Gasteiger partial charge in [-0.15, -0.1) is 0 Å². The maximum atomic E-state index is 6.16. The largest absolute Gasteiger partial charge is 0.325 e. The van der Waals surface area contributed by atoms with Gasteiger partial charge < -0.3 is 5.73 Å². The van der Waals surface area contributed by atoms with Crippen molar-refractivity contribution in [3.63, 3.8) is 0 Å². The Morgan fingerprint density at radius 1 is 1.60 bits per heavy atom. The smallest absolute Gasteiger partial charge is 0.0212 e. The van der Waals surface area contributed by atoms with Crippen LogP contribution < -0.4 is 5.73 Å². The second-order valence-electron chi connectivity index (χ2n) is 3.73. The zero-order chi connectivity index (χ0) is 7.78. The van der Waals surface area contributed by atoms with Crippen LogP contribution in [0.3, 0.4) is 0 Å². The van der Waals surface area contributed by atoms with Gasteiger partial charge in [-0.05, 0) is 18.3 Å². The molecule has 1 nitrogen and oxygen atoms in total. The minimum absolute atomic E-state index is 0.226. The SMILES string of the molecule is CCC(C)C1(N)CC1CC. The summed E-state index contributed by atoms with van der Waals surface area (Å²) in [6.07, 6.45) is 3.76. The Kier molecular flexibility index (Phi) is 2.04. The summed E-state index contributed by atoms with van der Waals surface area (Å²) in [5.74, 6) is 1.54. The van der Waals surface area contributed by atoms with Gasteiger partial charge in [0.05, 0.1) is 0 Å². The van der Waals surface area contributed by atoms with Crippen molar-refractivity contribution in [3.8, 4) is 0 Å². The van der Waals surface area contributed by atoms with Crippen molar-refractivity contribution in [2.45, 2.75) is 45.6 Å². The molecule has 0 heterocycles. The molecule has 0 saturated heterocycles. The minimum atomic E-state index is 0.226. The van der Waals surface area contributed by atoms with Gasteiger partial charge in [-0.2, -0.15) is 0 Å². The molecule has 1 aliphatic rings. The van der Waals surface area contributed by atoms with E-state index in [1.807, 2.05) is 0 Å². The fourth-order valence-electron chi connectivity index (χ4n) is 1.88. The first-order chi connectivity index (χ1) is 4.65. The van der Waals surface area contributed by atoms with Crippen LogP contribution in [0.15, 0.2) is 0 Å². The second-order valence-corrected chi connectivity index (χ2v) is 3.73. The molecule has 0 bridgehead atoms. The quantitative estimate of drug-likeness (QED) is 0.640. The Morgan fingerprint density at radius 3 is 2.50 bits per heavy atom. The molecule has 10 heavy (non-hydrogen) atoms. The van der Waals surface area contributed by atoms with Crippen molar-refractivity contribution < 1.29 is 0 Å². The van der Waals surface area contributed by atoms with Crippen LogP contribution in [0.4, 0.5) is 0 Å². The minimum Gasteiger partial charge on any atom is -0.325 e. The van der Waals surface area contributed by atoms with Crippen LogP contribution >= 0.6 is 0 Å². The summed E-state index contributed by atoms with van der Waals surface area (Å²) in [6.45, 7) is 6.74. The third-order valence-electron chi connectivity index (χ3n) is 3.22. The molecule has 1 heteroatoms. The Hall–Kier alpha value is -0.0400. The highest BCUT2D eigenvalue weighted by atomic mass is 14.9. The summed E-state index contributed by atoms with van der Waals surface area (Å²) in [5.41, 5.74) is 6.38. The molecular formula is C9H19N. The summed E-state index contributed by atoms with van der Waals surface area (Å²) in [4.78, 5) is 0. The van der Waals surface area contributed by atoms with Gasteiger partial charge in [-0.25, -0.2) is 0 Å². The number of hydrogen-bond donors (Lipinski definition) is 1. The lowest BCUT2D eigenvalue weighted by atomic mass is 9.95. The highest BCUT2D eigenvalue weighted by Gasteiger charge is 2.52. The molecule has 60 valence electrons. The summed E-state index contributed by atoms with van der Waals surface area (Å²) in [6, 6.07) is 0. The summed E-state index contributed by atoms with van der Waals surface area (Å²) < 4.78 is 0. The first-order valence-electron chi connectivity index (χ1n) is 4.44. The van der Waals surface area contributed by atoms with Gasteiger partial charge in [0.1, 0.15) is 0 Å². The fourth-order valence-corrected chi connectivity index (χ4v) is 1.88. The molecule has 1 aliphatic carbocycles. The summed E-state index contributed by atoms with van der Waals surface area (Å²) in [5, 5.41) is 0. The molecule has 0 aromatic heterocycles. The molecule has 2 N–H and O–H groups in total. The van der Waals surface area contributed by atoms with Crippen LogP contribution in [0, 0.1) is 11.8 Å². The molecule has 3 atom stereocenters. The van der Waals surface area contributed by atoms with Crippen LogP contribution in [-0.2, 0) is 0 Å². The Balaban J connectivity index is 2.42. The molecule has 1 fully saturated rings. The van der Waals surface area contributed by atoms with E-state index in [1.54, 1.807) is 0 Å². The standard InChI is InChI=1S/C9H19N/c1-4-7(3)9(10)6-8(9)5-2/h7-8H,4-6,10H2,1-3H3. The van der Waals surface area contributed by atoms with Crippen molar-refractivity contribution in [1.29, 1.82) is 0 Å². The molecule has 0 aliphatic heterocycles. The zero-order valence-corrected chi connectivity index (χ0v) is 7.35. The number of nitrogens with two attached hydrogens (primary N) is 1. The van der Waals surface area contributed by atoms with Gasteiger partial charge >= 0.3 is 0 Å². The van der Waals surface area contributed by atoms with E-state index in [-0.39, 0.29) is 5.54 Å². The van der Waals surface area contributed by atoms with E-state index in [2.05, 4.69) is 20.8 Å². The van der Waals surface area contributed by atoms with E-state index >= 15 is 0 Å². The van der Waals surface area contributed by atoms with E-state index < -0.39 is 0 Å². The van der Waals surface area contributed by atoms with Gasteiger partial charge in [0.2, 0.25) is 0 Å². The fraction of sp³-hybridized carbons (Fsp3) is 1.00. The third-order valence-corrected chi connectivity index (χ3v) is 3.22. The number of hydrogen-bond acceptors (Lipinski definition) is 1. The zero-order valence-electron chi connectivity index (χ0n) is 7.35. The summed E-state index contributed by atoms with van der Waals surface area (Å²) in [7, 11) is 0. The third kappa shape index (κ3) is 1.07. The average Bonchev–Trinajstić information content (AvgIpc) is 2.61. The van der Waals surface area contributed by atoms with Crippen LogP contribution in [0.5, 0.6) is 0 Å². The first-order valence-corrected chi connectivity index (χ1v) is 4.44. The molecule has 0 aromatic carbocycles. The molecule has 0 aromatic rings. The van der Waals surface area contributed by atoms with Crippen LogP contribution in [-0.4, -0.2) is 5.54 Å². The van der Waals surface area contributed by atoms with Crippen molar-refractivity contribution in [2.75, 3.05) is 0 Å². The van der Waals surface area contributed by atoms with Crippen molar-refractivity contribution in [3.05, 3.63) is 0 Å². The molecule has 0 spiro atoms. The lowest BCUT2D eigenvalue weighted by Gasteiger charge is -2.18. The molecular weight excluding hydrogens is 122 g/mol. The highest BCUT2D eigenvalue weighted by Crippen LogP contribution is 2.49. The van der Waals surface area contributed by atoms with Gasteiger partial charge in [0, 0.05) is 5.54 Å². The topological polar surface area (TPSA) is 26.0 Å². The van der Waals surface area contributed by atoms with E-state index in [1.165, 1.54) is 19.3 Å². The van der Waals surface area contributed by atoms with E-state index in [0.29, 0.717) is 0 Å². The molecule has 0 radical (unpaired) electrons.